The van der Waals surface area contributed by atoms with E-state index in [0.29, 0.717) is 15.9 Å². The Balaban J connectivity index is 3.12. The summed E-state index contributed by atoms with van der Waals surface area (Å²) >= 11 is 9.40. The second kappa shape index (κ2) is 3.65. The van der Waals surface area contributed by atoms with Gasteiger partial charge in [0.05, 0.1) is 15.9 Å². The van der Waals surface area contributed by atoms with Gasteiger partial charge in [0.25, 0.3) is 0 Å². The number of aromatic amines is 1. The van der Waals surface area contributed by atoms with E-state index in [-0.39, 0.29) is 5.43 Å². The van der Waals surface area contributed by atoms with Crippen LogP contribution >= 0.6 is 27.5 Å². The van der Waals surface area contributed by atoms with Crippen molar-refractivity contribution >= 4 is 38.4 Å². The smallest absolute Gasteiger partial charge is 0.193 e. The summed E-state index contributed by atoms with van der Waals surface area (Å²) < 4.78 is 0.770. The van der Waals surface area contributed by atoms with Gasteiger partial charge in [-0.3, -0.25) is 4.79 Å². The molecule has 78 valence electrons. The monoisotopic (exact) mass is 285 g/mol. The Morgan fingerprint density at radius 2 is 2.00 bits per heavy atom. The molecule has 0 aliphatic carbocycles. The number of nitrogens with one attached hydrogen (secondary N) is 1. The molecular weight excluding hydrogens is 277 g/mol. The summed E-state index contributed by atoms with van der Waals surface area (Å²) in [4.78, 5) is 15.2. The molecule has 0 fully saturated rings. The van der Waals surface area contributed by atoms with Crippen LogP contribution in [0.25, 0.3) is 10.9 Å². The van der Waals surface area contributed by atoms with Crippen LogP contribution in [0, 0.1) is 13.8 Å². The number of aryl methyl sites for hydroxylation is 1. The average Bonchev–Trinajstić information content (AvgIpc) is 2.20. The highest BCUT2D eigenvalue weighted by Gasteiger charge is 2.10. The van der Waals surface area contributed by atoms with Gasteiger partial charge in [0.1, 0.15) is 0 Å². The highest BCUT2D eigenvalue weighted by Crippen LogP contribution is 2.26. The van der Waals surface area contributed by atoms with Crippen LogP contribution < -0.4 is 5.43 Å². The molecule has 1 N–H and O–H groups in total. The molecule has 1 aromatic heterocycles. The zero-order valence-electron chi connectivity index (χ0n) is 8.32. The molecule has 0 saturated heterocycles. The summed E-state index contributed by atoms with van der Waals surface area (Å²) in [6.45, 7) is 3.67. The number of hydrogen-bond acceptors (Lipinski definition) is 1. The molecular formula is C11H9BrClNO. The number of hydrogen-bond donors (Lipinski definition) is 1. The van der Waals surface area contributed by atoms with E-state index in [9.17, 15) is 4.79 Å². The van der Waals surface area contributed by atoms with Crippen molar-refractivity contribution in [1.82, 2.24) is 4.98 Å². The first-order valence-corrected chi connectivity index (χ1v) is 5.66. The van der Waals surface area contributed by atoms with Gasteiger partial charge < -0.3 is 4.98 Å². The lowest BCUT2D eigenvalue weighted by atomic mass is 10.1. The first-order valence-electron chi connectivity index (χ1n) is 4.49. The Bertz CT molecular complexity index is 604. The molecule has 0 spiro atoms. The molecule has 15 heavy (non-hydrogen) atoms. The van der Waals surface area contributed by atoms with Crippen molar-refractivity contribution in [3.8, 4) is 0 Å². The van der Waals surface area contributed by atoms with E-state index < -0.39 is 0 Å². The van der Waals surface area contributed by atoms with Crippen LogP contribution in [0.5, 0.6) is 0 Å². The molecule has 0 unspecified atom stereocenters. The van der Waals surface area contributed by atoms with Crippen LogP contribution in [0.4, 0.5) is 0 Å². The summed E-state index contributed by atoms with van der Waals surface area (Å²) in [6, 6.07) is 3.55. The van der Waals surface area contributed by atoms with Crippen molar-refractivity contribution in [3.63, 3.8) is 0 Å². The van der Waals surface area contributed by atoms with Crippen molar-refractivity contribution in [2.24, 2.45) is 0 Å². The molecule has 0 bridgehead atoms. The first-order chi connectivity index (χ1) is 7.02. The zero-order chi connectivity index (χ0) is 11.2. The van der Waals surface area contributed by atoms with Crippen molar-refractivity contribution in [3.05, 3.63) is 43.1 Å². The highest BCUT2D eigenvalue weighted by atomic mass is 79.9. The lowest BCUT2D eigenvalue weighted by Gasteiger charge is -2.06. The van der Waals surface area contributed by atoms with E-state index in [4.69, 9.17) is 11.6 Å². The minimum Gasteiger partial charge on any atom is -0.357 e. The molecule has 0 aliphatic rings. The third-order valence-corrected chi connectivity index (χ3v) is 3.52. The molecule has 4 heteroatoms. The molecule has 0 amide bonds. The quantitative estimate of drug-likeness (QED) is 0.789. The Morgan fingerprint density at radius 3 is 2.67 bits per heavy atom. The van der Waals surface area contributed by atoms with Gasteiger partial charge in [-0.2, -0.15) is 0 Å². The molecule has 2 aromatic rings. The third kappa shape index (κ3) is 1.60. The highest BCUT2D eigenvalue weighted by molar-refractivity contribution is 9.10. The fourth-order valence-electron chi connectivity index (χ4n) is 1.54. The molecule has 0 saturated carbocycles. The van der Waals surface area contributed by atoms with E-state index in [2.05, 4.69) is 20.9 Å². The fraction of sp³-hybridized carbons (Fsp3) is 0.182. The number of H-pyrrole nitrogens is 1. The Morgan fingerprint density at radius 1 is 1.33 bits per heavy atom. The van der Waals surface area contributed by atoms with Crippen LogP contribution in [0.3, 0.4) is 0 Å². The zero-order valence-corrected chi connectivity index (χ0v) is 10.7. The number of rotatable bonds is 0. The minimum atomic E-state index is 0.0237. The maximum atomic E-state index is 12.0. The number of halogens is 2. The summed E-state index contributed by atoms with van der Waals surface area (Å²) in [5, 5.41) is 1.18. The molecule has 2 rings (SSSR count). The predicted octanol–water partition coefficient (Wildman–Crippen LogP) is 3.56. The van der Waals surface area contributed by atoms with Gasteiger partial charge >= 0.3 is 0 Å². The van der Waals surface area contributed by atoms with Gasteiger partial charge in [0, 0.05) is 15.7 Å². The van der Waals surface area contributed by atoms with Crippen molar-refractivity contribution in [2.45, 2.75) is 13.8 Å². The van der Waals surface area contributed by atoms with Crippen LogP contribution in [0.2, 0.25) is 5.02 Å². The summed E-state index contributed by atoms with van der Waals surface area (Å²) in [5.41, 5.74) is 2.30. The summed E-state index contributed by atoms with van der Waals surface area (Å²) in [7, 11) is 0. The van der Waals surface area contributed by atoms with E-state index in [0.717, 1.165) is 15.7 Å². The minimum absolute atomic E-state index is 0.0237. The maximum Gasteiger partial charge on any atom is 0.193 e. The predicted molar refractivity (Wildman–Crippen MR) is 66.8 cm³/mol. The van der Waals surface area contributed by atoms with Gasteiger partial charge in [0.15, 0.2) is 5.43 Å². The standard InChI is InChI=1S/C11H9BrClNO/c1-5-6(2)14-10-8(13)4-3-7(12)9(10)11(5)15/h3-4H,1-2H3,(H,14,15). The number of pyridine rings is 1. The number of benzene rings is 1. The molecule has 2 nitrogen and oxygen atoms in total. The average molecular weight is 287 g/mol. The van der Waals surface area contributed by atoms with Gasteiger partial charge in [-0.25, -0.2) is 0 Å². The lowest BCUT2D eigenvalue weighted by molar-refractivity contribution is 1.17. The van der Waals surface area contributed by atoms with E-state index in [1.165, 1.54) is 0 Å². The van der Waals surface area contributed by atoms with Crippen LogP contribution in [-0.4, -0.2) is 4.98 Å². The van der Waals surface area contributed by atoms with E-state index in [1.54, 1.807) is 19.1 Å². The molecule has 0 aliphatic heterocycles. The number of fused-ring (bicyclic) bond motifs is 1. The van der Waals surface area contributed by atoms with Gasteiger partial charge in [-0.05, 0) is 41.9 Å². The number of aromatic nitrogens is 1. The Hall–Kier alpha value is -0.800. The van der Waals surface area contributed by atoms with Crippen molar-refractivity contribution in [1.29, 1.82) is 0 Å². The van der Waals surface area contributed by atoms with Crippen LogP contribution in [0.15, 0.2) is 21.4 Å². The van der Waals surface area contributed by atoms with E-state index >= 15 is 0 Å². The molecule has 1 heterocycles. The fourth-order valence-corrected chi connectivity index (χ4v) is 2.25. The van der Waals surface area contributed by atoms with Crippen molar-refractivity contribution < 1.29 is 0 Å². The Labute approximate surface area is 100 Å². The van der Waals surface area contributed by atoms with Gasteiger partial charge in [0.2, 0.25) is 0 Å². The topological polar surface area (TPSA) is 32.9 Å². The van der Waals surface area contributed by atoms with Crippen LogP contribution in [0.1, 0.15) is 11.3 Å². The second-order valence-electron chi connectivity index (χ2n) is 3.48. The summed E-state index contributed by atoms with van der Waals surface area (Å²) in [5.74, 6) is 0. The van der Waals surface area contributed by atoms with Crippen molar-refractivity contribution in [2.75, 3.05) is 0 Å². The lowest BCUT2D eigenvalue weighted by Crippen LogP contribution is -2.10. The van der Waals surface area contributed by atoms with Crippen LogP contribution in [-0.2, 0) is 0 Å². The third-order valence-electron chi connectivity index (χ3n) is 2.55. The van der Waals surface area contributed by atoms with Gasteiger partial charge in [-0.15, -0.1) is 0 Å². The molecule has 0 radical (unpaired) electrons. The second-order valence-corrected chi connectivity index (χ2v) is 4.74. The molecule has 0 atom stereocenters. The Kier molecular flexibility index (Phi) is 2.61. The summed E-state index contributed by atoms with van der Waals surface area (Å²) in [6.07, 6.45) is 0. The largest absolute Gasteiger partial charge is 0.357 e. The first kappa shape index (κ1) is 10.7. The van der Waals surface area contributed by atoms with E-state index in [1.807, 2.05) is 6.92 Å². The normalized spacial score (nSPS) is 10.9. The maximum absolute atomic E-state index is 12.0. The molecule has 1 aromatic carbocycles. The van der Waals surface area contributed by atoms with Gasteiger partial charge in [-0.1, -0.05) is 11.6 Å². The SMILES string of the molecule is Cc1[nH]c2c(Cl)ccc(Br)c2c(=O)c1C.